The van der Waals surface area contributed by atoms with Gasteiger partial charge in [-0.15, -0.1) is 0 Å². The molecule has 1 aromatic heterocycles. The molecule has 2 unspecified atom stereocenters. The standard InChI is InChI=1S/C27H45NO2.C27H40O3.C19H17NOS.C19H26O.C18H16O3.CH4/c1-16-7-12-27(28-15-16)17(2)24-23(30-27)14-22-20-6-5-18-13-19(29)8-10-25(18,3)21(20)9-11-26(22,24)4;1-15-4-6-20-16(2)27(30-25(20)12-15)11-9-21-22-7-5-18-13-19(28)8-10-26(18,29)24(22)14-23(21)17(27)3;1-14-6-5-9-17(12-14)20(2)19(22)21-18-11-10-15-7-3-4-8-16(15)13-18;1-12-3-8-18-17-6-4-13-11-14(20)5-7-15(13)16(17)9-10-19(12,18)2;1-12(2)21-14-8-9-15-17(10-14)20-11-16(18(15)19)13-6-4-3-5-7-13;/h16-24,28-29H,5-15H2,1-4H3;5,15-16,19-22,24-25,28-29H,4,6-14H2,1-3H3;3-13H,1-2H3;5,7,11-12,16-18,20H,3-4,6,8-10H2,1-2H3;3-12H,1-2H3;1H4/t16-,17-,18-,19-,20+,21-,22-,23-,24-,25-,26-,27?;15-,16-,19+,20+,21+,22+,24?,25-,26-,27-;;12-,16+,17+,18-,19+;;/m01.0../s1. The summed E-state index contributed by atoms with van der Waals surface area (Å²) in [4.78, 5) is 14.4. The molecule has 12 aliphatic carbocycles. The Hall–Kier alpha value is -6.68. The van der Waals surface area contributed by atoms with Crippen LogP contribution in [-0.2, 0) is 15.9 Å². The highest BCUT2D eigenvalue weighted by molar-refractivity contribution is 7.80. The van der Waals surface area contributed by atoms with Gasteiger partial charge in [0, 0.05) is 31.3 Å². The molecule has 668 valence electrons. The van der Waals surface area contributed by atoms with Crippen LogP contribution in [0.15, 0.2) is 172 Å². The number of rotatable bonds is 5. The van der Waals surface area contributed by atoms with Crippen molar-refractivity contribution in [1.29, 1.82) is 0 Å². The average molecular weight is 1700 g/mol. The van der Waals surface area contributed by atoms with Gasteiger partial charge < -0.3 is 48.7 Å². The van der Waals surface area contributed by atoms with Crippen molar-refractivity contribution < 1.29 is 43.8 Å². The average Bonchev–Trinajstić information content (AvgIpc) is 1.53. The van der Waals surface area contributed by atoms with Crippen LogP contribution < -0.4 is 25.1 Å². The van der Waals surface area contributed by atoms with Crippen molar-refractivity contribution in [2.75, 3.05) is 18.5 Å². The summed E-state index contributed by atoms with van der Waals surface area (Å²) in [6.45, 7) is 29.6. The fourth-order valence-electron chi connectivity index (χ4n) is 30.0. The molecular weight excluding hydrogens is 1550 g/mol. The number of aliphatic hydroxyl groups excluding tert-OH is 2. The summed E-state index contributed by atoms with van der Waals surface area (Å²) in [6, 6.07) is 43.3. The Balaban J connectivity index is 0.000000111. The number of nitrogens with one attached hydrogen (secondary N) is 1. The Bertz CT molecular complexity index is 5120. The van der Waals surface area contributed by atoms with E-state index >= 15 is 0 Å². The van der Waals surface area contributed by atoms with Crippen LogP contribution in [0.3, 0.4) is 0 Å². The zero-order valence-electron chi connectivity index (χ0n) is 76.2. The number of ether oxygens (including phenoxy) is 4. The van der Waals surface area contributed by atoms with E-state index in [0.717, 1.165) is 144 Å². The lowest BCUT2D eigenvalue weighted by atomic mass is 9.44. The summed E-state index contributed by atoms with van der Waals surface area (Å²) in [5.41, 5.74) is 12.3. The Morgan fingerprint density at radius 3 is 2.13 bits per heavy atom. The van der Waals surface area contributed by atoms with E-state index in [9.17, 15) is 25.2 Å². The number of benzene rings is 6. The van der Waals surface area contributed by atoms with E-state index in [2.05, 4.69) is 111 Å². The second-order valence-corrected chi connectivity index (χ2v) is 43.8. The van der Waals surface area contributed by atoms with Gasteiger partial charge in [0.25, 0.3) is 5.17 Å². The predicted octanol–water partition coefficient (Wildman–Crippen LogP) is 25.2. The molecule has 3 saturated heterocycles. The molecule has 12 nitrogen and oxygen atoms in total. The molecule has 15 aliphatic rings. The van der Waals surface area contributed by atoms with Crippen molar-refractivity contribution in [3.8, 4) is 28.4 Å². The molecule has 3 aliphatic heterocycles. The highest BCUT2D eigenvalue weighted by Crippen LogP contribution is 2.72. The number of hydrogen-bond acceptors (Lipinski definition) is 12. The molecule has 6 aromatic carbocycles. The Morgan fingerprint density at radius 2 is 1.35 bits per heavy atom. The van der Waals surface area contributed by atoms with E-state index in [-0.39, 0.29) is 42.5 Å². The molecule has 4 heterocycles. The number of nitrogens with zero attached hydrogens (tertiary/aromatic N) is 1. The monoisotopic (exact) mass is 1700 g/mol. The Kier molecular flexibility index (Phi) is 25.4. The third-order valence-corrected chi connectivity index (χ3v) is 37.3. The van der Waals surface area contributed by atoms with E-state index in [4.69, 9.17) is 35.6 Å². The number of aromatic hydroxyl groups is 1. The van der Waals surface area contributed by atoms with Crippen LogP contribution in [0.25, 0.3) is 32.9 Å². The molecule has 22 rings (SSSR count). The molecular formula is C111H148N2O10S. The molecule has 2 spiro atoms. The number of phenols is 1. The third kappa shape index (κ3) is 16.2. The molecule has 0 bridgehead atoms. The number of aliphatic hydroxyl groups is 3. The number of piperidine rings is 1. The summed E-state index contributed by atoms with van der Waals surface area (Å²) in [7, 11) is 1.91. The summed E-state index contributed by atoms with van der Waals surface area (Å²) < 4.78 is 31.1. The molecule has 7 aromatic rings. The lowest BCUT2D eigenvalue weighted by Gasteiger charge is -2.61. The normalized spacial score (nSPS) is 39.0. The maximum atomic E-state index is 12.6. The minimum Gasteiger partial charge on any atom is -0.508 e. The number of hydrogen-bond donors (Lipinski definition) is 5. The maximum absolute atomic E-state index is 12.6. The first-order valence-corrected chi connectivity index (χ1v) is 49.1. The third-order valence-electron chi connectivity index (χ3n) is 36.9. The number of allylic oxidation sites excluding steroid dienone is 2. The summed E-state index contributed by atoms with van der Waals surface area (Å²) >= 11 is 5.41. The van der Waals surface area contributed by atoms with Crippen molar-refractivity contribution >= 4 is 44.8 Å². The zero-order valence-corrected chi connectivity index (χ0v) is 77.1. The van der Waals surface area contributed by atoms with Crippen molar-refractivity contribution in [3.63, 3.8) is 0 Å². The molecule has 9 saturated carbocycles. The fourth-order valence-corrected chi connectivity index (χ4v) is 30.2. The van der Waals surface area contributed by atoms with Gasteiger partial charge in [-0.3, -0.25) is 10.1 Å². The van der Waals surface area contributed by atoms with Gasteiger partial charge >= 0.3 is 0 Å². The smallest absolute Gasteiger partial charge is 0.269 e. The van der Waals surface area contributed by atoms with Gasteiger partial charge in [-0.05, 0) is 404 Å². The minimum absolute atomic E-state index is 0. The molecule has 0 radical (unpaired) electrons. The Labute approximate surface area is 747 Å². The summed E-state index contributed by atoms with van der Waals surface area (Å²) in [5, 5.41) is 49.2. The van der Waals surface area contributed by atoms with Gasteiger partial charge in [0.1, 0.15) is 34.8 Å². The number of anilines is 1. The second-order valence-electron chi connectivity index (χ2n) is 43.5. The highest BCUT2D eigenvalue weighted by Gasteiger charge is 2.69. The van der Waals surface area contributed by atoms with Crippen LogP contribution in [-0.4, -0.2) is 86.6 Å². The van der Waals surface area contributed by atoms with Gasteiger partial charge in [-0.25, -0.2) is 0 Å². The molecule has 13 heteroatoms. The van der Waals surface area contributed by atoms with E-state index in [1.807, 2.05) is 111 Å². The van der Waals surface area contributed by atoms with Crippen LogP contribution in [0, 0.1) is 118 Å². The van der Waals surface area contributed by atoms with Crippen molar-refractivity contribution in [3.05, 3.63) is 189 Å². The van der Waals surface area contributed by atoms with Crippen LogP contribution >= 0.6 is 12.2 Å². The van der Waals surface area contributed by atoms with E-state index in [0.29, 0.717) is 97.7 Å². The van der Waals surface area contributed by atoms with Crippen LogP contribution in [0.5, 0.6) is 17.2 Å². The highest BCUT2D eigenvalue weighted by atomic mass is 32.1. The number of thiocarbonyl (C=S) groups is 1. The SMILES string of the molecule is C.CC(C)Oc1ccc2c(=O)c(-c3ccccc3)coc2c1.CC1=C2CC3[C@@H](CC=C4C[C@@H](O)CC[C@@]43O)[C@@H]2CC[C@]12O[C@@H]1C[C@H](C)CC[C@H]1[C@H]2C.C[C@H]1CCC2(NC1)O[C@H]1C[C@H]3[C@@H]4CC[C@H]5C[C@@H](O)CC[C@]5(C)[C@H]4CC[C@]3(C)[C@H]1[C@@H]2C.C[C@H]1CC[C@H]2[C@@H]3CCc4cc(O)ccc4[C@H]3CC[C@]12C.Cc1cccc(N(C)C(=S)Oc2ccc3ccccc3c2)c1. The van der Waals surface area contributed by atoms with Gasteiger partial charge in [0.2, 0.25) is 0 Å². The van der Waals surface area contributed by atoms with Gasteiger partial charge in [0.15, 0.2) is 5.43 Å². The number of fused-ring (bicyclic) bond motifs is 20. The molecule has 12 fully saturated rings. The number of phenolic OH excluding ortho intramolecular Hbond substituents is 1. The predicted molar refractivity (Wildman–Crippen MR) is 507 cm³/mol. The van der Waals surface area contributed by atoms with Crippen LogP contribution in [0.2, 0.25) is 0 Å². The first-order chi connectivity index (χ1) is 59.0. The molecule has 27 atom stereocenters. The molecule has 5 N–H and O–H groups in total. The lowest BCUT2D eigenvalue weighted by molar-refractivity contribution is -0.140. The van der Waals surface area contributed by atoms with Crippen molar-refractivity contribution in [1.82, 2.24) is 5.32 Å². The first kappa shape index (κ1) is 89.3. The number of aryl methyl sites for hydroxylation is 2. The van der Waals surface area contributed by atoms with Crippen molar-refractivity contribution in [2.24, 2.45) is 111 Å². The largest absolute Gasteiger partial charge is 0.508 e. The fraction of sp³-hybridized carbons (Fsp3) is 0.622. The van der Waals surface area contributed by atoms with Crippen LogP contribution in [0.4, 0.5) is 5.69 Å². The van der Waals surface area contributed by atoms with Crippen molar-refractivity contribution in [2.45, 2.75) is 311 Å². The minimum atomic E-state index is -0.675. The van der Waals surface area contributed by atoms with Gasteiger partial charge in [-0.2, -0.15) is 0 Å². The summed E-state index contributed by atoms with van der Waals surface area (Å²) in [5.74, 6) is 14.7. The first-order valence-electron chi connectivity index (χ1n) is 48.7. The van der Waals surface area contributed by atoms with Crippen LogP contribution in [0.1, 0.15) is 267 Å². The molecule has 124 heavy (non-hydrogen) atoms. The molecule has 0 amide bonds. The lowest BCUT2D eigenvalue weighted by Crippen LogP contribution is -2.57. The van der Waals surface area contributed by atoms with E-state index < -0.39 is 5.60 Å². The topological polar surface area (TPSA) is 163 Å². The van der Waals surface area contributed by atoms with E-state index in [1.54, 1.807) is 34.9 Å². The van der Waals surface area contributed by atoms with Gasteiger partial charge in [0.05, 0.1) is 52.7 Å². The van der Waals surface area contributed by atoms with Gasteiger partial charge in [-0.1, -0.05) is 160 Å². The Morgan fingerprint density at radius 1 is 0.605 bits per heavy atom. The quantitative estimate of drug-likeness (QED) is 0.0818. The second kappa shape index (κ2) is 35.3. The van der Waals surface area contributed by atoms with E-state index in [1.165, 1.54) is 145 Å². The summed E-state index contributed by atoms with van der Waals surface area (Å²) in [6.07, 6.45) is 36.1. The maximum Gasteiger partial charge on any atom is 0.269 e. The zero-order chi connectivity index (χ0) is 86.0.